The molecule has 1 saturated carbocycles. The number of aromatic nitrogens is 1. The second-order valence-electron chi connectivity index (χ2n) is 6.72. The minimum Gasteiger partial charge on any atom is -0.314 e. The van der Waals surface area contributed by atoms with Gasteiger partial charge < -0.3 is 5.32 Å². The Bertz CT molecular complexity index is 644. The average Bonchev–Trinajstić information content (AvgIpc) is 3.35. The van der Waals surface area contributed by atoms with Crippen molar-refractivity contribution in [3.63, 3.8) is 0 Å². The largest absolute Gasteiger partial charge is 0.314 e. The molecule has 0 amide bonds. The molecule has 2 aliphatic rings. The van der Waals surface area contributed by atoms with Crippen LogP contribution in [-0.4, -0.2) is 35.1 Å². The van der Waals surface area contributed by atoms with Gasteiger partial charge in [-0.15, -0.1) is 0 Å². The maximum Gasteiger partial charge on any atom is 0.0746 e. The summed E-state index contributed by atoms with van der Waals surface area (Å²) in [6, 6.07) is 10.7. The summed E-state index contributed by atoms with van der Waals surface area (Å²) in [4.78, 5) is 7.30. The number of para-hydroxylation sites is 1. The molecule has 1 aromatic carbocycles. The molecule has 3 heteroatoms. The molecule has 2 fully saturated rings. The number of pyridine rings is 1. The lowest BCUT2D eigenvalue weighted by Crippen LogP contribution is -2.60. The number of nitrogens with one attached hydrogen (secondary N) is 1. The predicted molar refractivity (Wildman–Crippen MR) is 86.2 cm³/mol. The first kappa shape index (κ1) is 13.2. The molecule has 1 atom stereocenters. The molecule has 1 aliphatic carbocycles. The van der Waals surface area contributed by atoms with Crippen molar-refractivity contribution in [1.82, 2.24) is 15.2 Å². The van der Waals surface area contributed by atoms with Crippen LogP contribution in [0.3, 0.4) is 0 Å². The van der Waals surface area contributed by atoms with E-state index in [2.05, 4.69) is 46.4 Å². The highest BCUT2D eigenvalue weighted by molar-refractivity contribution is 5.81. The molecule has 1 unspecified atom stereocenters. The molecule has 0 bridgehead atoms. The number of hydrogen-bond acceptors (Lipinski definition) is 3. The lowest BCUT2D eigenvalue weighted by atomic mass is 9.90. The van der Waals surface area contributed by atoms with Gasteiger partial charge >= 0.3 is 0 Å². The Morgan fingerprint density at radius 3 is 3.00 bits per heavy atom. The third-order valence-electron chi connectivity index (χ3n) is 5.30. The van der Waals surface area contributed by atoms with E-state index in [0.717, 1.165) is 37.6 Å². The van der Waals surface area contributed by atoms with Crippen molar-refractivity contribution in [2.45, 2.75) is 31.8 Å². The lowest BCUT2D eigenvalue weighted by Gasteiger charge is -2.46. The SMILES string of the molecule is CC1(C2CC2)CNCCN1Cc1cccc2cccnc12. The van der Waals surface area contributed by atoms with Gasteiger partial charge in [0.25, 0.3) is 0 Å². The quantitative estimate of drug-likeness (QED) is 0.937. The molecule has 1 aliphatic heterocycles. The lowest BCUT2D eigenvalue weighted by molar-refractivity contribution is 0.0488. The second kappa shape index (κ2) is 5.08. The molecule has 0 radical (unpaired) electrons. The Morgan fingerprint density at radius 2 is 2.14 bits per heavy atom. The highest BCUT2D eigenvalue weighted by Gasteiger charge is 2.46. The van der Waals surface area contributed by atoms with Crippen LogP contribution in [0.2, 0.25) is 0 Å². The van der Waals surface area contributed by atoms with Crippen molar-refractivity contribution >= 4 is 10.9 Å². The Hall–Kier alpha value is -1.45. The molecule has 110 valence electrons. The van der Waals surface area contributed by atoms with E-state index in [9.17, 15) is 0 Å². The Balaban J connectivity index is 1.67. The van der Waals surface area contributed by atoms with E-state index in [4.69, 9.17) is 0 Å². The van der Waals surface area contributed by atoms with Gasteiger partial charge in [-0.25, -0.2) is 0 Å². The van der Waals surface area contributed by atoms with Gasteiger partial charge in [-0.3, -0.25) is 9.88 Å². The monoisotopic (exact) mass is 281 g/mol. The molecule has 3 nitrogen and oxygen atoms in total. The fraction of sp³-hybridized carbons (Fsp3) is 0.500. The number of nitrogens with zero attached hydrogens (tertiary/aromatic N) is 2. The fourth-order valence-electron chi connectivity index (χ4n) is 3.79. The molecule has 21 heavy (non-hydrogen) atoms. The van der Waals surface area contributed by atoms with E-state index in [-0.39, 0.29) is 0 Å². The molecule has 1 saturated heterocycles. The van der Waals surface area contributed by atoms with E-state index in [1.54, 1.807) is 0 Å². The van der Waals surface area contributed by atoms with Crippen LogP contribution in [0.25, 0.3) is 10.9 Å². The standard InChI is InChI=1S/C18H23N3/c1-18(16-7-8-16)13-19-10-11-21(18)12-15-5-2-4-14-6-3-9-20-17(14)15/h2-6,9,16,19H,7-8,10-13H2,1H3. The van der Waals surface area contributed by atoms with Gasteiger partial charge in [-0.05, 0) is 37.3 Å². The number of hydrogen-bond donors (Lipinski definition) is 1. The summed E-state index contributed by atoms with van der Waals surface area (Å²) < 4.78 is 0. The van der Waals surface area contributed by atoms with Crippen LogP contribution in [0, 0.1) is 5.92 Å². The Labute approximate surface area is 126 Å². The maximum atomic E-state index is 4.61. The van der Waals surface area contributed by atoms with Gasteiger partial charge in [-0.2, -0.15) is 0 Å². The Morgan fingerprint density at radius 1 is 1.29 bits per heavy atom. The van der Waals surface area contributed by atoms with Crippen molar-refractivity contribution in [2.24, 2.45) is 5.92 Å². The molecular weight excluding hydrogens is 258 g/mol. The fourth-order valence-corrected chi connectivity index (χ4v) is 3.79. The highest BCUT2D eigenvalue weighted by Crippen LogP contribution is 2.44. The van der Waals surface area contributed by atoms with Gasteiger partial charge in [0.1, 0.15) is 0 Å². The summed E-state index contributed by atoms with van der Waals surface area (Å²) in [7, 11) is 0. The van der Waals surface area contributed by atoms with Crippen LogP contribution in [0.5, 0.6) is 0 Å². The highest BCUT2D eigenvalue weighted by atomic mass is 15.3. The molecule has 1 N–H and O–H groups in total. The smallest absolute Gasteiger partial charge is 0.0746 e. The normalized spacial score (nSPS) is 27.1. The van der Waals surface area contributed by atoms with Gasteiger partial charge in [0, 0.05) is 43.3 Å². The zero-order valence-electron chi connectivity index (χ0n) is 12.7. The van der Waals surface area contributed by atoms with Gasteiger partial charge in [0.05, 0.1) is 5.52 Å². The molecule has 0 spiro atoms. The van der Waals surface area contributed by atoms with Crippen molar-refractivity contribution in [3.8, 4) is 0 Å². The zero-order valence-corrected chi connectivity index (χ0v) is 12.7. The van der Waals surface area contributed by atoms with Crippen LogP contribution in [0.1, 0.15) is 25.3 Å². The van der Waals surface area contributed by atoms with Crippen molar-refractivity contribution in [2.75, 3.05) is 19.6 Å². The molecule has 2 heterocycles. The first-order chi connectivity index (χ1) is 10.3. The summed E-state index contributed by atoms with van der Waals surface area (Å²) in [5.41, 5.74) is 2.84. The van der Waals surface area contributed by atoms with Crippen molar-refractivity contribution < 1.29 is 0 Å². The molecule has 1 aromatic heterocycles. The average molecular weight is 281 g/mol. The third-order valence-corrected chi connectivity index (χ3v) is 5.30. The van der Waals surface area contributed by atoms with Crippen LogP contribution in [0.15, 0.2) is 36.5 Å². The second-order valence-corrected chi connectivity index (χ2v) is 6.72. The van der Waals surface area contributed by atoms with Crippen LogP contribution in [0.4, 0.5) is 0 Å². The van der Waals surface area contributed by atoms with E-state index in [0.29, 0.717) is 5.54 Å². The van der Waals surface area contributed by atoms with E-state index >= 15 is 0 Å². The Kier molecular flexibility index (Phi) is 3.20. The summed E-state index contributed by atoms with van der Waals surface area (Å²) in [6.07, 6.45) is 4.69. The minimum atomic E-state index is 0.315. The van der Waals surface area contributed by atoms with Crippen molar-refractivity contribution in [3.05, 3.63) is 42.1 Å². The minimum absolute atomic E-state index is 0.315. The molecule has 4 rings (SSSR count). The zero-order chi connectivity index (χ0) is 14.3. The van der Waals surface area contributed by atoms with Gasteiger partial charge in [0.15, 0.2) is 0 Å². The third kappa shape index (κ3) is 2.34. The van der Waals surface area contributed by atoms with Crippen LogP contribution >= 0.6 is 0 Å². The first-order valence-corrected chi connectivity index (χ1v) is 8.06. The first-order valence-electron chi connectivity index (χ1n) is 8.06. The summed E-state index contributed by atoms with van der Waals surface area (Å²) in [6.45, 7) is 6.81. The van der Waals surface area contributed by atoms with Crippen LogP contribution in [-0.2, 0) is 6.54 Å². The predicted octanol–water partition coefficient (Wildman–Crippen LogP) is 2.81. The molecular formula is C18H23N3. The van der Waals surface area contributed by atoms with Gasteiger partial charge in [0.2, 0.25) is 0 Å². The van der Waals surface area contributed by atoms with Crippen LogP contribution < -0.4 is 5.32 Å². The van der Waals surface area contributed by atoms with Gasteiger partial charge in [-0.1, -0.05) is 24.3 Å². The van der Waals surface area contributed by atoms with E-state index in [1.807, 2.05) is 12.3 Å². The van der Waals surface area contributed by atoms with E-state index in [1.165, 1.54) is 23.8 Å². The summed E-state index contributed by atoms with van der Waals surface area (Å²) in [5, 5.41) is 4.84. The summed E-state index contributed by atoms with van der Waals surface area (Å²) >= 11 is 0. The molecule has 2 aromatic rings. The van der Waals surface area contributed by atoms with Crippen molar-refractivity contribution in [1.29, 1.82) is 0 Å². The maximum absolute atomic E-state index is 4.61. The summed E-state index contributed by atoms with van der Waals surface area (Å²) in [5.74, 6) is 0.869. The number of benzene rings is 1. The number of piperazine rings is 1. The number of fused-ring (bicyclic) bond motifs is 1. The topological polar surface area (TPSA) is 28.2 Å². The van der Waals surface area contributed by atoms with E-state index < -0.39 is 0 Å². The number of rotatable bonds is 3.